The van der Waals surface area contributed by atoms with E-state index in [1.807, 2.05) is 6.92 Å². The lowest BCUT2D eigenvalue weighted by molar-refractivity contribution is 0.122. The first kappa shape index (κ1) is 19.1. The summed E-state index contributed by atoms with van der Waals surface area (Å²) >= 11 is 6.02. The van der Waals surface area contributed by atoms with Gasteiger partial charge in [-0.15, -0.1) is 0 Å². The minimum absolute atomic E-state index is 0.335. The van der Waals surface area contributed by atoms with Gasteiger partial charge in [0.05, 0.1) is 23.8 Å². The molecule has 3 aliphatic heterocycles. The van der Waals surface area contributed by atoms with Gasteiger partial charge in [0.15, 0.2) is 0 Å². The standard InChI is InChI=1S/C20H29N5OS2/c1-15-21-18-12-17(14-24-6-4-23(5-7-24)13-16-2-3-16)28(27)19(18)20(22-15)25-8-10-26-11-9-25/h12,16H,2-11,13-14H2,1H3. The molecule has 3 fully saturated rings. The smallest absolute Gasteiger partial charge is 0.147 e. The van der Waals surface area contributed by atoms with Crippen LogP contribution < -0.4 is 4.90 Å². The molecule has 1 aromatic rings. The molecule has 0 spiro atoms. The molecule has 0 bridgehead atoms. The lowest BCUT2D eigenvalue weighted by Crippen LogP contribution is -2.47. The first-order valence-electron chi connectivity index (χ1n) is 10.5. The maximum Gasteiger partial charge on any atom is 0.147 e. The number of aromatic nitrogens is 2. The average Bonchev–Trinajstić information content (AvgIpc) is 3.47. The highest BCUT2D eigenvalue weighted by Gasteiger charge is 2.30. The summed E-state index contributed by atoms with van der Waals surface area (Å²) in [7, 11) is -0.335. The summed E-state index contributed by atoms with van der Waals surface area (Å²) in [6.07, 6.45) is 5.13. The fourth-order valence-corrected chi connectivity index (χ4v) is 6.49. The molecule has 4 aliphatic rings. The van der Waals surface area contributed by atoms with Crippen molar-refractivity contribution in [3.63, 3.8) is 0 Å². The molecule has 152 valence electrons. The SMILES string of the molecule is Cc1nc2c(c(N3CCOCC3)n1)S(=S)C(CN1CCN(CC3CC3)CC1)=C2. The molecule has 1 unspecified atom stereocenters. The van der Waals surface area contributed by atoms with Gasteiger partial charge in [0.2, 0.25) is 0 Å². The van der Waals surface area contributed by atoms with Gasteiger partial charge in [0, 0.05) is 57.3 Å². The van der Waals surface area contributed by atoms with Crippen molar-refractivity contribution in [3.8, 4) is 0 Å². The lowest BCUT2D eigenvalue weighted by Gasteiger charge is -2.35. The number of hydrogen-bond acceptors (Lipinski definition) is 7. The fraction of sp³-hybridized carbons (Fsp3) is 0.700. The molecular formula is C20H29N5OS2. The number of ether oxygens (including phenoxy) is 1. The van der Waals surface area contributed by atoms with Crippen LogP contribution in [0.1, 0.15) is 24.4 Å². The lowest BCUT2D eigenvalue weighted by atomic mass is 10.2. The Hall–Kier alpha value is -0.930. The van der Waals surface area contributed by atoms with E-state index in [4.69, 9.17) is 25.9 Å². The minimum atomic E-state index is -0.335. The van der Waals surface area contributed by atoms with Crippen molar-refractivity contribution >= 4 is 32.5 Å². The maximum atomic E-state index is 6.02. The van der Waals surface area contributed by atoms with Crippen LogP contribution >= 0.6 is 0 Å². The van der Waals surface area contributed by atoms with Crippen LogP contribution in [0.3, 0.4) is 0 Å². The average molecular weight is 420 g/mol. The van der Waals surface area contributed by atoms with Crippen LogP contribution in [0.25, 0.3) is 6.08 Å². The van der Waals surface area contributed by atoms with Crippen molar-refractivity contribution in [2.45, 2.75) is 24.7 Å². The molecule has 1 aliphatic carbocycles. The largest absolute Gasteiger partial charge is 0.378 e. The Morgan fingerprint density at radius 2 is 1.79 bits per heavy atom. The van der Waals surface area contributed by atoms with Crippen molar-refractivity contribution < 1.29 is 4.74 Å². The number of fused-ring (bicyclic) bond motifs is 1. The van der Waals surface area contributed by atoms with Crippen LogP contribution in [0.2, 0.25) is 0 Å². The first-order valence-corrected chi connectivity index (χ1v) is 12.6. The summed E-state index contributed by atoms with van der Waals surface area (Å²) in [6.45, 7) is 12.2. The molecule has 1 saturated carbocycles. The monoisotopic (exact) mass is 419 g/mol. The first-order chi connectivity index (χ1) is 13.7. The van der Waals surface area contributed by atoms with E-state index in [1.165, 1.54) is 42.3 Å². The zero-order chi connectivity index (χ0) is 19.1. The Morgan fingerprint density at radius 1 is 1.07 bits per heavy atom. The third-order valence-electron chi connectivity index (χ3n) is 6.08. The number of anilines is 1. The normalized spacial score (nSPS) is 26.4. The zero-order valence-electron chi connectivity index (χ0n) is 16.6. The Balaban J connectivity index is 1.28. The van der Waals surface area contributed by atoms with E-state index in [0.29, 0.717) is 0 Å². The van der Waals surface area contributed by atoms with E-state index in [0.717, 1.165) is 69.2 Å². The number of nitrogens with zero attached hydrogens (tertiary/aromatic N) is 5. The van der Waals surface area contributed by atoms with Crippen LogP contribution in [-0.4, -0.2) is 85.3 Å². The predicted molar refractivity (Wildman–Crippen MR) is 116 cm³/mol. The molecule has 0 amide bonds. The Bertz CT molecular complexity index is 796. The van der Waals surface area contributed by atoms with Crippen LogP contribution in [-0.2, 0) is 25.4 Å². The number of rotatable bonds is 5. The number of piperazine rings is 1. The molecule has 2 saturated heterocycles. The minimum Gasteiger partial charge on any atom is -0.378 e. The predicted octanol–water partition coefficient (Wildman–Crippen LogP) is 1.44. The Labute approximate surface area is 174 Å². The van der Waals surface area contributed by atoms with Gasteiger partial charge >= 0.3 is 0 Å². The molecule has 0 radical (unpaired) electrons. The van der Waals surface area contributed by atoms with Crippen LogP contribution in [0.5, 0.6) is 0 Å². The van der Waals surface area contributed by atoms with Gasteiger partial charge in [0.25, 0.3) is 0 Å². The topological polar surface area (TPSA) is 44.7 Å². The van der Waals surface area contributed by atoms with E-state index < -0.39 is 0 Å². The van der Waals surface area contributed by atoms with Crippen molar-refractivity contribution in [1.82, 2.24) is 19.8 Å². The fourth-order valence-electron chi connectivity index (χ4n) is 4.29. The summed E-state index contributed by atoms with van der Waals surface area (Å²) in [4.78, 5) is 19.6. The molecular weight excluding hydrogens is 390 g/mol. The Morgan fingerprint density at radius 3 is 2.50 bits per heavy atom. The molecule has 28 heavy (non-hydrogen) atoms. The van der Waals surface area contributed by atoms with Gasteiger partial charge in [-0.2, -0.15) is 0 Å². The number of morpholine rings is 1. The molecule has 8 heteroatoms. The third-order valence-corrected chi connectivity index (χ3v) is 8.70. The van der Waals surface area contributed by atoms with Crippen LogP contribution in [0.4, 0.5) is 5.82 Å². The summed E-state index contributed by atoms with van der Waals surface area (Å²) in [5.74, 6) is 2.86. The van der Waals surface area contributed by atoms with Crippen molar-refractivity contribution in [1.29, 1.82) is 0 Å². The van der Waals surface area contributed by atoms with E-state index >= 15 is 0 Å². The third kappa shape index (κ3) is 4.03. The molecule has 0 aromatic carbocycles. The zero-order valence-corrected chi connectivity index (χ0v) is 18.2. The molecule has 6 nitrogen and oxygen atoms in total. The molecule has 0 N–H and O–H groups in total. The van der Waals surface area contributed by atoms with Crippen LogP contribution in [0, 0.1) is 12.8 Å². The van der Waals surface area contributed by atoms with Gasteiger partial charge in [-0.3, -0.25) is 4.90 Å². The second kappa shape index (κ2) is 8.07. The van der Waals surface area contributed by atoms with E-state index in [1.54, 1.807) is 0 Å². The summed E-state index contributed by atoms with van der Waals surface area (Å²) in [5.41, 5.74) is 1.05. The van der Waals surface area contributed by atoms with Gasteiger partial charge in [-0.05, 0) is 42.9 Å². The van der Waals surface area contributed by atoms with Crippen LogP contribution in [0.15, 0.2) is 9.80 Å². The van der Waals surface area contributed by atoms with E-state index in [9.17, 15) is 0 Å². The van der Waals surface area contributed by atoms with Crippen molar-refractivity contribution in [2.24, 2.45) is 5.92 Å². The highest BCUT2D eigenvalue weighted by Crippen LogP contribution is 2.36. The molecule has 4 heterocycles. The van der Waals surface area contributed by atoms with Gasteiger partial charge in [-0.1, -0.05) is 9.45 Å². The molecule has 1 atom stereocenters. The summed E-state index contributed by atoms with van der Waals surface area (Å²) < 4.78 is 5.52. The Kier molecular flexibility index (Phi) is 5.49. The summed E-state index contributed by atoms with van der Waals surface area (Å²) in [6, 6.07) is 0. The van der Waals surface area contributed by atoms with Gasteiger partial charge < -0.3 is 14.5 Å². The van der Waals surface area contributed by atoms with Crippen molar-refractivity contribution in [3.05, 3.63) is 16.4 Å². The molecule has 1 aromatic heterocycles. The van der Waals surface area contributed by atoms with E-state index in [2.05, 4.69) is 20.8 Å². The van der Waals surface area contributed by atoms with Crippen molar-refractivity contribution in [2.75, 3.05) is 70.5 Å². The number of hydrogen-bond donors (Lipinski definition) is 0. The highest BCUT2D eigenvalue weighted by molar-refractivity contribution is 8.31. The van der Waals surface area contributed by atoms with Gasteiger partial charge in [0.1, 0.15) is 11.6 Å². The maximum absolute atomic E-state index is 6.02. The second-order valence-corrected chi connectivity index (χ2v) is 10.8. The molecule has 5 rings (SSSR count). The van der Waals surface area contributed by atoms with Gasteiger partial charge in [-0.25, -0.2) is 9.97 Å². The number of aryl methyl sites for hydroxylation is 1. The quantitative estimate of drug-likeness (QED) is 0.716. The second-order valence-electron chi connectivity index (χ2n) is 8.31. The van der Waals surface area contributed by atoms with E-state index in [-0.39, 0.29) is 9.45 Å². The highest BCUT2D eigenvalue weighted by atomic mass is 32.8. The summed E-state index contributed by atoms with van der Waals surface area (Å²) in [5, 5.41) is 0.